The summed E-state index contributed by atoms with van der Waals surface area (Å²) in [6.07, 6.45) is 5.67. The van der Waals surface area contributed by atoms with Gasteiger partial charge in [0.2, 0.25) is 0 Å². The third-order valence-electron chi connectivity index (χ3n) is 2.97. The molecule has 50 valence electrons. The van der Waals surface area contributed by atoms with Crippen molar-refractivity contribution in [3.05, 3.63) is 11.1 Å². The van der Waals surface area contributed by atoms with Crippen molar-refractivity contribution in [2.45, 2.75) is 39.5 Å². The Kier molecular flexibility index (Phi) is 0.870. The van der Waals surface area contributed by atoms with Crippen LogP contribution in [0.15, 0.2) is 11.1 Å². The fourth-order valence-corrected chi connectivity index (χ4v) is 2.42. The van der Waals surface area contributed by atoms with Gasteiger partial charge in [-0.2, -0.15) is 0 Å². The van der Waals surface area contributed by atoms with Crippen LogP contribution in [-0.4, -0.2) is 0 Å². The van der Waals surface area contributed by atoms with Crippen LogP contribution >= 0.6 is 0 Å². The van der Waals surface area contributed by atoms with Crippen LogP contribution in [0.3, 0.4) is 0 Å². The van der Waals surface area contributed by atoms with Gasteiger partial charge in [-0.3, -0.25) is 0 Å². The molecule has 0 heteroatoms. The van der Waals surface area contributed by atoms with Crippen LogP contribution in [0.1, 0.15) is 39.5 Å². The van der Waals surface area contributed by atoms with Gasteiger partial charge in [-0.1, -0.05) is 18.1 Å². The second-order valence-electron chi connectivity index (χ2n) is 4.05. The molecule has 0 aromatic rings. The van der Waals surface area contributed by atoms with E-state index in [4.69, 9.17) is 0 Å². The molecular formula is C9H14. The molecule has 1 unspecified atom stereocenters. The average molecular weight is 122 g/mol. The molecular weight excluding hydrogens is 108 g/mol. The molecule has 1 fully saturated rings. The van der Waals surface area contributed by atoms with E-state index < -0.39 is 0 Å². The summed E-state index contributed by atoms with van der Waals surface area (Å²) in [5.74, 6) is 0. The molecule has 0 saturated heterocycles. The maximum absolute atomic E-state index is 2.43. The van der Waals surface area contributed by atoms with E-state index in [1.54, 1.807) is 11.1 Å². The van der Waals surface area contributed by atoms with E-state index in [9.17, 15) is 0 Å². The molecule has 2 aliphatic rings. The molecule has 0 heterocycles. The van der Waals surface area contributed by atoms with Crippen LogP contribution in [0.25, 0.3) is 0 Å². The first-order valence-corrected chi connectivity index (χ1v) is 3.87. The molecule has 0 amide bonds. The zero-order valence-electron chi connectivity index (χ0n) is 6.33. The Hall–Kier alpha value is -0.260. The lowest BCUT2D eigenvalue weighted by molar-refractivity contribution is 0.351. The molecule has 1 saturated carbocycles. The Balaban J connectivity index is 2.35. The number of hydrogen-bond acceptors (Lipinski definition) is 0. The van der Waals surface area contributed by atoms with Gasteiger partial charge in [-0.05, 0) is 38.0 Å². The van der Waals surface area contributed by atoms with Gasteiger partial charge in [-0.25, -0.2) is 0 Å². The summed E-state index contributed by atoms with van der Waals surface area (Å²) >= 11 is 0. The number of rotatable bonds is 0. The van der Waals surface area contributed by atoms with Gasteiger partial charge in [0.1, 0.15) is 0 Å². The van der Waals surface area contributed by atoms with E-state index in [2.05, 4.69) is 13.8 Å². The van der Waals surface area contributed by atoms with Crippen molar-refractivity contribution < 1.29 is 0 Å². The van der Waals surface area contributed by atoms with Gasteiger partial charge in [0, 0.05) is 0 Å². The highest BCUT2D eigenvalue weighted by atomic mass is 14.4. The number of fused-ring (bicyclic) bond motifs is 2. The van der Waals surface area contributed by atoms with Crippen LogP contribution in [0.5, 0.6) is 0 Å². The highest BCUT2D eigenvalue weighted by Gasteiger charge is 2.37. The maximum Gasteiger partial charge on any atom is -0.0248 e. The smallest absolute Gasteiger partial charge is 0.0248 e. The molecule has 0 N–H and O–H groups in total. The highest BCUT2D eigenvalue weighted by molar-refractivity contribution is 5.27. The standard InChI is InChI=1S/C9H14/c1-7-5-9(2)4-3-8(7)6-9/h3-6H2,1-2H3. The Labute approximate surface area is 57.0 Å². The van der Waals surface area contributed by atoms with Crippen molar-refractivity contribution in [1.82, 2.24) is 0 Å². The van der Waals surface area contributed by atoms with Gasteiger partial charge >= 0.3 is 0 Å². The maximum atomic E-state index is 2.43. The van der Waals surface area contributed by atoms with Crippen LogP contribution in [0.4, 0.5) is 0 Å². The zero-order valence-corrected chi connectivity index (χ0v) is 6.33. The third kappa shape index (κ3) is 0.654. The molecule has 2 bridgehead atoms. The topological polar surface area (TPSA) is 0 Å². The van der Waals surface area contributed by atoms with Crippen molar-refractivity contribution in [3.8, 4) is 0 Å². The number of hydrogen-bond donors (Lipinski definition) is 0. The van der Waals surface area contributed by atoms with Gasteiger partial charge < -0.3 is 0 Å². The molecule has 0 spiro atoms. The van der Waals surface area contributed by atoms with E-state index in [0.29, 0.717) is 5.41 Å². The Morgan fingerprint density at radius 1 is 1.33 bits per heavy atom. The first kappa shape index (κ1) is 5.52. The summed E-state index contributed by atoms with van der Waals surface area (Å²) in [7, 11) is 0. The fraction of sp³-hybridized carbons (Fsp3) is 0.778. The highest BCUT2D eigenvalue weighted by Crippen LogP contribution is 2.52. The van der Waals surface area contributed by atoms with Crippen molar-refractivity contribution >= 4 is 0 Å². The van der Waals surface area contributed by atoms with E-state index in [0.717, 1.165) is 0 Å². The normalized spacial score (nSPS) is 40.7. The monoisotopic (exact) mass is 122 g/mol. The molecule has 0 aromatic heterocycles. The summed E-state index contributed by atoms with van der Waals surface area (Å²) < 4.78 is 0. The fourth-order valence-electron chi connectivity index (χ4n) is 2.42. The van der Waals surface area contributed by atoms with Crippen molar-refractivity contribution in [2.75, 3.05) is 0 Å². The lowest BCUT2D eigenvalue weighted by Crippen LogP contribution is -2.07. The molecule has 9 heavy (non-hydrogen) atoms. The minimum absolute atomic E-state index is 0.708. The van der Waals surface area contributed by atoms with Crippen molar-refractivity contribution in [1.29, 1.82) is 0 Å². The van der Waals surface area contributed by atoms with Crippen molar-refractivity contribution in [3.63, 3.8) is 0 Å². The minimum Gasteiger partial charge on any atom is -0.0735 e. The molecule has 0 nitrogen and oxygen atoms in total. The second-order valence-corrected chi connectivity index (χ2v) is 4.05. The first-order chi connectivity index (χ1) is 4.20. The molecule has 0 aromatic carbocycles. The van der Waals surface area contributed by atoms with E-state index in [1.807, 2.05) is 0 Å². The predicted octanol–water partition coefficient (Wildman–Crippen LogP) is 2.90. The zero-order chi connectivity index (χ0) is 6.48. The lowest BCUT2D eigenvalue weighted by atomic mass is 9.85. The summed E-state index contributed by atoms with van der Waals surface area (Å²) in [6.45, 7) is 4.73. The second kappa shape index (κ2) is 1.42. The molecule has 0 aliphatic heterocycles. The van der Waals surface area contributed by atoms with E-state index in [-0.39, 0.29) is 0 Å². The largest absolute Gasteiger partial charge is 0.0735 e. The molecule has 1 atom stereocenters. The summed E-state index contributed by atoms with van der Waals surface area (Å²) in [5, 5.41) is 0. The SMILES string of the molecule is CC1=C2CCC(C)(C1)C2. The summed E-state index contributed by atoms with van der Waals surface area (Å²) in [5.41, 5.74) is 4.18. The molecule has 2 rings (SSSR count). The van der Waals surface area contributed by atoms with Gasteiger partial charge in [0.05, 0.1) is 0 Å². The summed E-state index contributed by atoms with van der Waals surface area (Å²) in [4.78, 5) is 0. The molecule has 2 aliphatic carbocycles. The van der Waals surface area contributed by atoms with Crippen LogP contribution in [-0.2, 0) is 0 Å². The summed E-state index contributed by atoms with van der Waals surface area (Å²) in [6, 6.07) is 0. The predicted molar refractivity (Wildman–Crippen MR) is 39.3 cm³/mol. The first-order valence-electron chi connectivity index (χ1n) is 3.87. The van der Waals surface area contributed by atoms with Crippen LogP contribution in [0.2, 0.25) is 0 Å². The van der Waals surface area contributed by atoms with Gasteiger partial charge in [0.15, 0.2) is 0 Å². The van der Waals surface area contributed by atoms with Crippen molar-refractivity contribution in [2.24, 2.45) is 5.41 Å². The third-order valence-corrected chi connectivity index (χ3v) is 2.97. The Bertz CT molecular complexity index is 172. The molecule has 0 radical (unpaired) electrons. The van der Waals surface area contributed by atoms with E-state index in [1.165, 1.54) is 25.7 Å². The van der Waals surface area contributed by atoms with Crippen LogP contribution < -0.4 is 0 Å². The van der Waals surface area contributed by atoms with E-state index >= 15 is 0 Å². The lowest BCUT2D eigenvalue weighted by Gasteiger charge is -2.19. The average Bonchev–Trinajstić information content (AvgIpc) is 2.20. The quantitative estimate of drug-likeness (QED) is 0.433. The minimum atomic E-state index is 0.708. The Morgan fingerprint density at radius 2 is 2.11 bits per heavy atom. The number of allylic oxidation sites excluding steroid dienone is 2. The van der Waals surface area contributed by atoms with Crippen LogP contribution in [0, 0.1) is 5.41 Å². The van der Waals surface area contributed by atoms with Gasteiger partial charge in [-0.15, -0.1) is 0 Å². The van der Waals surface area contributed by atoms with Gasteiger partial charge in [0.25, 0.3) is 0 Å². The Morgan fingerprint density at radius 3 is 2.33 bits per heavy atom.